The molecule has 26 heteroatoms. The van der Waals surface area contributed by atoms with Gasteiger partial charge in [0, 0.05) is 76.9 Å². The summed E-state index contributed by atoms with van der Waals surface area (Å²) < 4.78 is 201. The first kappa shape index (κ1) is 88.0. The highest BCUT2D eigenvalue weighted by Crippen LogP contribution is 2.55. The molecule has 0 unspecified atom stereocenters. The van der Waals surface area contributed by atoms with Gasteiger partial charge in [0.05, 0.1) is 21.1 Å². The van der Waals surface area contributed by atoms with Gasteiger partial charge >= 0.3 is 0 Å². The van der Waals surface area contributed by atoms with Crippen LogP contribution in [0.25, 0.3) is 5.57 Å². The lowest BCUT2D eigenvalue weighted by molar-refractivity contribution is -0.123. The van der Waals surface area contributed by atoms with Crippen LogP contribution >= 0.6 is 34.8 Å². The molecule has 2 saturated carbocycles. The first-order valence-corrected chi connectivity index (χ1v) is 46.3. The molecule has 0 bridgehead atoms. The molecule has 0 aromatic heterocycles. The van der Waals surface area contributed by atoms with Gasteiger partial charge in [-0.3, -0.25) is 9.59 Å². The zero-order chi connectivity index (χ0) is 78.2. The number of carbonyl (C=O) groups is 2. The van der Waals surface area contributed by atoms with Crippen molar-refractivity contribution in [3.8, 4) is 0 Å². The van der Waals surface area contributed by atoms with Gasteiger partial charge in [0.2, 0.25) is 8.32 Å². The number of benzene rings is 6. The first-order chi connectivity index (χ1) is 47.3. The number of Topliss-reactive ketones (excluding diaryl/α,β-unsaturated/α-hetero) is 2. The molecule has 0 N–H and O–H groups in total. The molecule has 0 amide bonds. The molecule has 0 saturated heterocycles. The predicted molar refractivity (Wildman–Crippen MR) is 402 cm³/mol. The van der Waals surface area contributed by atoms with Crippen LogP contribution in [0.2, 0.25) is 69.5 Å². The standard InChI is InChI=1S/2C25H30ClF3O4SSi.C15H10ClF3.C12H24OSi/c2*1-24(2,3)35(4,5)33-15-16-14-18(30)12-13-25(16,22-20(27)10-11-21(28)23(22)29)34(31,32)19-8-6-17(26)7-9-19;1-9(8-10-2-4-11(16)5-3-10)14-12(17)6-7-13(18)15(14)19;1-8-9-10-11(2)13-14(6,7)12(3,4)5/h2*6-11,16H,12-15H2,1-5H3;2-7H,1,8H2;9-10H,2,8H2,1,3-7H3/b;;;10-9+/t16-,25+;16-,25-;;/m00../s1. The van der Waals surface area contributed by atoms with Crippen molar-refractivity contribution in [2.24, 2.45) is 11.8 Å². The summed E-state index contributed by atoms with van der Waals surface area (Å²) >= 11 is 17.6. The monoisotopic (exact) mass is 1590 g/mol. The number of halogens is 12. The molecular weight excluding hydrogens is 1490 g/mol. The minimum absolute atomic E-state index is 0.178. The van der Waals surface area contributed by atoms with E-state index in [2.05, 4.69) is 60.0 Å². The number of carbonyl (C=O) groups excluding carboxylic acids is 2. The van der Waals surface area contributed by atoms with Crippen LogP contribution in [0.3, 0.4) is 0 Å². The number of sulfone groups is 2. The highest BCUT2D eigenvalue weighted by Gasteiger charge is 2.60. The molecule has 103 heavy (non-hydrogen) atoms. The maximum absolute atomic E-state index is 15.3. The third-order valence-electron chi connectivity index (χ3n) is 20.3. The Balaban J connectivity index is 0.000000263. The SMILES string of the molecule is C=C(/C=C/CC)O[Si](C)(C)C(C)(C)C.C=C(Cc1ccc(Cl)cc1)c1c(F)ccc(F)c1F.CC(C)(C)[Si](C)(C)OC[C@@H]1CC(=O)CC[C@@]1(c1c(F)ccc(F)c1F)S(=O)(=O)c1ccc(Cl)cc1.CC(C)(C)[Si](C)(C)OC[C@@H]1CC(=O)CC[C@]1(c1c(F)ccc(F)c1F)S(=O)(=O)c1ccc(Cl)cc1. The Labute approximate surface area is 620 Å². The normalized spacial score (nSPS) is 18.6. The third kappa shape index (κ3) is 20.4. The van der Waals surface area contributed by atoms with Crippen LogP contribution in [0.4, 0.5) is 39.5 Å². The Morgan fingerprint density at radius 1 is 0.495 bits per heavy atom. The summed E-state index contributed by atoms with van der Waals surface area (Å²) in [6, 6.07) is 21.5. The van der Waals surface area contributed by atoms with Gasteiger partial charge in [0.1, 0.15) is 38.5 Å². The van der Waals surface area contributed by atoms with E-state index in [1.807, 2.05) is 73.8 Å². The van der Waals surface area contributed by atoms with Crippen molar-refractivity contribution in [3.63, 3.8) is 0 Å². The van der Waals surface area contributed by atoms with Crippen LogP contribution in [0.15, 0.2) is 150 Å². The molecule has 4 atom stereocenters. The van der Waals surface area contributed by atoms with Crippen molar-refractivity contribution in [2.75, 3.05) is 13.2 Å². The molecule has 0 spiro atoms. The van der Waals surface area contributed by atoms with E-state index >= 15 is 17.6 Å². The summed E-state index contributed by atoms with van der Waals surface area (Å²) in [7, 11) is -15.7. The number of ketones is 2. The summed E-state index contributed by atoms with van der Waals surface area (Å²) in [5.41, 5.74) is -1.21. The second kappa shape index (κ2) is 34.5. The van der Waals surface area contributed by atoms with Crippen molar-refractivity contribution < 1.29 is 79.2 Å². The summed E-state index contributed by atoms with van der Waals surface area (Å²) in [6.45, 7) is 40.2. The summed E-state index contributed by atoms with van der Waals surface area (Å²) in [5.74, 6) is -13.3. The van der Waals surface area contributed by atoms with Gasteiger partial charge in [-0.2, -0.15) is 0 Å². The van der Waals surface area contributed by atoms with E-state index in [0.29, 0.717) is 17.2 Å². The summed E-state index contributed by atoms with van der Waals surface area (Å²) in [6.07, 6.45) is 3.51. The topological polar surface area (TPSA) is 130 Å². The van der Waals surface area contributed by atoms with E-state index < -0.39 is 148 Å². The van der Waals surface area contributed by atoms with Crippen LogP contribution in [0, 0.1) is 64.2 Å². The zero-order valence-corrected chi connectivity index (χ0v) is 68.1. The molecule has 2 aliphatic rings. The fourth-order valence-electron chi connectivity index (χ4n) is 11.2. The van der Waals surface area contributed by atoms with Crippen molar-refractivity contribution >= 4 is 96.6 Å². The van der Waals surface area contributed by atoms with Gasteiger partial charge in [-0.15, -0.1) is 0 Å². The van der Waals surface area contributed by atoms with Crippen molar-refractivity contribution in [2.45, 2.75) is 194 Å². The highest BCUT2D eigenvalue weighted by molar-refractivity contribution is 7.92. The molecule has 0 radical (unpaired) electrons. The number of hydrogen-bond donors (Lipinski definition) is 0. The number of hydrogen-bond acceptors (Lipinski definition) is 9. The average molecular weight is 1590 g/mol. The average Bonchev–Trinajstić information content (AvgIpc) is 0.716. The molecule has 0 heterocycles. The Bertz CT molecular complexity index is 4120. The molecule has 8 rings (SSSR count). The first-order valence-electron chi connectivity index (χ1n) is 33.5. The lowest BCUT2D eigenvalue weighted by atomic mass is 9.74. The summed E-state index contributed by atoms with van der Waals surface area (Å²) in [4.78, 5) is 24.6. The van der Waals surface area contributed by atoms with E-state index in [1.54, 1.807) is 24.3 Å². The smallest absolute Gasteiger partial charge is 0.250 e. The van der Waals surface area contributed by atoms with E-state index in [4.69, 9.17) is 48.1 Å². The fourth-order valence-corrected chi connectivity index (χ4v) is 19.4. The van der Waals surface area contributed by atoms with Crippen molar-refractivity contribution in [1.82, 2.24) is 0 Å². The Morgan fingerprint density at radius 3 is 1.16 bits per heavy atom. The van der Waals surface area contributed by atoms with Crippen LogP contribution in [0.5, 0.6) is 0 Å². The van der Waals surface area contributed by atoms with Gasteiger partial charge in [-0.05, 0) is 194 Å². The van der Waals surface area contributed by atoms with Crippen LogP contribution in [-0.4, -0.2) is 66.6 Å². The molecule has 564 valence electrons. The van der Waals surface area contributed by atoms with Crippen LogP contribution < -0.4 is 0 Å². The molecular formula is C77H94Cl3F9O9S2Si3. The van der Waals surface area contributed by atoms with Gasteiger partial charge in [-0.1, -0.05) is 135 Å². The minimum Gasteiger partial charge on any atom is -0.544 e. The molecule has 9 nitrogen and oxygen atoms in total. The molecule has 6 aromatic carbocycles. The predicted octanol–water partition coefficient (Wildman–Crippen LogP) is 23.1. The number of allylic oxidation sites excluding steroid dienone is 3. The minimum atomic E-state index is -4.55. The van der Waals surface area contributed by atoms with Crippen molar-refractivity contribution in [1.29, 1.82) is 0 Å². The van der Waals surface area contributed by atoms with Gasteiger partial charge < -0.3 is 13.3 Å². The molecule has 2 aliphatic carbocycles. The highest BCUT2D eigenvalue weighted by atomic mass is 35.5. The van der Waals surface area contributed by atoms with E-state index in [-0.39, 0.29) is 97.4 Å². The Hall–Kier alpha value is -5.61. The van der Waals surface area contributed by atoms with Crippen LogP contribution in [0.1, 0.15) is 136 Å². The third-order valence-corrected chi connectivity index (χ3v) is 39.7. The fraction of sp³-hybridized carbons (Fsp3) is 0.429. The number of rotatable bonds is 19. The second-order valence-corrected chi connectivity index (χ2v) is 50.5. The van der Waals surface area contributed by atoms with E-state index in [1.165, 1.54) is 48.5 Å². The maximum Gasteiger partial charge on any atom is 0.250 e. The largest absolute Gasteiger partial charge is 0.544 e. The lowest BCUT2D eigenvalue weighted by Gasteiger charge is -2.45. The summed E-state index contributed by atoms with van der Waals surface area (Å²) in [5, 5.41) is 0.890. The van der Waals surface area contributed by atoms with Crippen molar-refractivity contribution in [3.05, 3.63) is 230 Å². The Morgan fingerprint density at radius 2 is 0.816 bits per heavy atom. The van der Waals surface area contributed by atoms with Gasteiger partial charge in [0.15, 0.2) is 71.2 Å². The van der Waals surface area contributed by atoms with Gasteiger partial charge in [-0.25, -0.2) is 56.3 Å². The van der Waals surface area contributed by atoms with Gasteiger partial charge in [0.25, 0.3) is 0 Å². The second-order valence-electron chi connectivity index (χ2n) is 30.4. The van der Waals surface area contributed by atoms with E-state index in [0.717, 1.165) is 42.0 Å². The van der Waals surface area contributed by atoms with Crippen LogP contribution in [-0.2, 0) is 58.5 Å². The van der Waals surface area contributed by atoms with E-state index in [9.17, 15) is 48.4 Å². The molecule has 2 fully saturated rings. The molecule has 6 aromatic rings. The molecule has 0 aliphatic heterocycles. The maximum atomic E-state index is 15.3. The zero-order valence-electron chi connectivity index (χ0n) is 61.2. The lowest BCUT2D eigenvalue weighted by Crippen LogP contribution is -2.52. The Kier molecular flexibility index (Phi) is 29.5. The quantitative estimate of drug-likeness (QED) is 0.0256.